The van der Waals surface area contributed by atoms with Crippen molar-refractivity contribution in [3.8, 4) is 0 Å². The Morgan fingerprint density at radius 3 is 1.29 bits per heavy atom. The summed E-state index contributed by atoms with van der Waals surface area (Å²) in [6, 6.07) is -0.726. The highest BCUT2D eigenvalue weighted by atomic mass is 16.5. The van der Waals surface area contributed by atoms with Gasteiger partial charge < -0.3 is 20.3 Å². The minimum Gasteiger partial charge on any atom is -0.462 e. The van der Waals surface area contributed by atoms with Gasteiger partial charge in [-0.3, -0.25) is 9.59 Å². The fourth-order valence-corrected chi connectivity index (χ4v) is 7.92. The normalized spacial score (nSPS) is 14.0. The van der Waals surface area contributed by atoms with Crippen LogP contribution in [0.5, 0.6) is 0 Å². The predicted octanol–water partition coefficient (Wildman–Crippen LogP) is 16.9. The summed E-state index contributed by atoms with van der Waals surface area (Å²) in [6.45, 7) is 6.30. The molecular formula is C60H103NO5. The summed E-state index contributed by atoms with van der Waals surface area (Å²) in [5.74, 6) is -0.543. The number of rotatable bonds is 48. The number of esters is 1. The maximum absolute atomic E-state index is 13.2. The third-order valence-electron chi connectivity index (χ3n) is 12.1. The van der Waals surface area contributed by atoms with E-state index in [2.05, 4.69) is 99.0 Å². The molecule has 0 heterocycles. The van der Waals surface area contributed by atoms with Crippen molar-refractivity contribution in [3.63, 3.8) is 0 Å². The molecule has 378 valence electrons. The fourth-order valence-electron chi connectivity index (χ4n) is 7.92. The van der Waals surface area contributed by atoms with E-state index in [1.54, 1.807) is 0 Å². The first-order valence-corrected chi connectivity index (χ1v) is 27.6. The Morgan fingerprint density at radius 2 is 0.818 bits per heavy atom. The van der Waals surface area contributed by atoms with Crippen LogP contribution < -0.4 is 5.32 Å². The number of unbranched alkanes of at least 4 members (excludes halogenated alkanes) is 26. The highest BCUT2D eigenvalue weighted by molar-refractivity contribution is 5.77. The number of nitrogens with one attached hydrogen (secondary N) is 1. The van der Waals surface area contributed by atoms with Crippen LogP contribution in [-0.2, 0) is 14.3 Å². The molecule has 6 heteroatoms. The lowest BCUT2D eigenvalue weighted by Gasteiger charge is -2.24. The van der Waals surface area contributed by atoms with Crippen LogP contribution in [0, 0.1) is 0 Å². The quantitative estimate of drug-likeness (QED) is 0.0321. The van der Waals surface area contributed by atoms with Gasteiger partial charge in [-0.25, -0.2) is 0 Å². The van der Waals surface area contributed by atoms with Gasteiger partial charge in [0.1, 0.15) is 6.10 Å². The zero-order chi connectivity index (χ0) is 48.1. The van der Waals surface area contributed by atoms with E-state index in [0.29, 0.717) is 19.3 Å². The van der Waals surface area contributed by atoms with Crippen LogP contribution in [0.25, 0.3) is 0 Å². The van der Waals surface area contributed by atoms with Crippen LogP contribution in [0.15, 0.2) is 97.2 Å². The van der Waals surface area contributed by atoms with Gasteiger partial charge in [-0.1, -0.05) is 259 Å². The van der Waals surface area contributed by atoms with Crippen molar-refractivity contribution in [1.82, 2.24) is 5.32 Å². The number of aliphatic hydroxyl groups excluding tert-OH is 2. The molecule has 0 radical (unpaired) electrons. The molecule has 0 aromatic carbocycles. The van der Waals surface area contributed by atoms with Crippen molar-refractivity contribution in [2.75, 3.05) is 6.61 Å². The molecule has 0 aliphatic heterocycles. The van der Waals surface area contributed by atoms with Crippen LogP contribution in [0.1, 0.15) is 245 Å². The molecule has 0 aliphatic carbocycles. The van der Waals surface area contributed by atoms with E-state index in [-0.39, 0.29) is 24.9 Å². The zero-order valence-electron chi connectivity index (χ0n) is 43.0. The summed E-state index contributed by atoms with van der Waals surface area (Å²) < 4.78 is 5.92. The molecule has 0 saturated heterocycles. The van der Waals surface area contributed by atoms with E-state index in [9.17, 15) is 19.8 Å². The smallest absolute Gasteiger partial charge is 0.306 e. The average Bonchev–Trinajstić information content (AvgIpc) is 3.31. The molecule has 0 saturated carbocycles. The number of carbonyl (C=O) groups excluding carboxylic acids is 2. The first kappa shape index (κ1) is 62.8. The minimum absolute atomic E-state index is 0.0368. The Labute approximate surface area is 407 Å². The first-order valence-electron chi connectivity index (χ1n) is 27.6. The van der Waals surface area contributed by atoms with Crippen LogP contribution in [-0.4, -0.2) is 46.9 Å². The molecule has 66 heavy (non-hydrogen) atoms. The zero-order valence-corrected chi connectivity index (χ0v) is 43.0. The predicted molar refractivity (Wildman–Crippen MR) is 287 cm³/mol. The average molecular weight is 918 g/mol. The molecule has 0 spiro atoms. The molecule has 0 aromatic rings. The van der Waals surface area contributed by atoms with E-state index < -0.39 is 18.2 Å². The summed E-state index contributed by atoms with van der Waals surface area (Å²) in [5.41, 5.74) is 0. The number of aliphatic hydroxyl groups is 2. The lowest BCUT2D eigenvalue weighted by atomic mass is 10.0. The maximum atomic E-state index is 13.2. The molecule has 3 N–H and O–H groups in total. The van der Waals surface area contributed by atoms with Crippen molar-refractivity contribution >= 4 is 11.9 Å². The molecule has 0 rings (SSSR count). The molecule has 0 fully saturated rings. The highest BCUT2D eigenvalue weighted by Crippen LogP contribution is 2.17. The second-order valence-electron chi connectivity index (χ2n) is 18.4. The molecule has 0 aliphatic rings. The Morgan fingerprint density at radius 1 is 0.455 bits per heavy atom. The first-order chi connectivity index (χ1) is 32.5. The van der Waals surface area contributed by atoms with Crippen molar-refractivity contribution in [1.29, 1.82) is 0 Å². The lowest BCUT2D eigenvalue weighted by Crippen LogP contribution is -2.46. The summed E-state index contributed by atoms with van der Waals surface area (Å²) in [4.78, 5) is 26.2. The standard InChI is InChI=1S/C60H103NO5/c1-4-7-10-13-16-19-22-25-28-31-33-36-39-42-45-48-51-56(66-60(65)53-50-47-44-41-38-35-30-27-24-21-18-15-12-9-6-3)54-59(64)61-57(55-62)58(63)52-49-46-43-40-37-34-32-29-26-23-20-17-14-11-8-5-2/h9,12,15-16,18-19,21-22,24-25,27-28,30-31,33,36,56-58,62-63H,4-8,10-11,13-14,17,20,23,26,29,32,34-35,37-55H2,1-3H3,(H,61,64)/b12-9+,18-15+,19-16+,24-21+,25-22+,30-27-,31-28+,36-33+. The fraction of sp³-hybridized carbons (Fsp3) is 0.700. The molecule has 3 atom stereocenters. The molecule has 0 bridgehead atoms. The summed E-state index contributed by atoms with van der Waals surface area (Å²) in [5, 5.41) is 23.8. The van der Waals surface area contributed by atoms with Gasteiger partial charge in [0.2, 0.25) is 5.91 Å². The van der Waals surface area contributed by atoms with Gasteiger partial charge in [0.25, 0.3) is 0 Å². The van der Waals surface area contributed by atoms with Gasteiger partial charge >= 0.3 is 5.97 Å². The van der Waals surface area contributed by atoms with Gasteiger partial charge in [0.15, 0.2) is 0 Å². The maximum Gasteiger partial charge on any atom is 0.306 e. The van der Waals surface area contributed by atoms with Crippen LogP contribution >= 0.6 is 0 Å². The molecule has 1 amide bonds. The van der Waals surface area contributed by atoms with E-state index in [0.717, 1.165) is 96.3 Å². The number of amides is 1. The van der Waals surface area contributed by atoms with Gasteiger partial charge in [0.05, 0.1) is 25.2 Å². The van der Waals surface area contributed by atoms with Crippen LogP contribution in [0.3, 0.4) is 0 Å². The topological polar surface area (TPSA) is 95.9 Å². The number of hydrogen-bond donors (Lipinski definition) is 3. The second-order valence-corrected chi connectivity index (χ2v) is 18.4. The summed E-state index contributed by atoms with van der Waals surface area (Å²) in [6.07, 6.45) is 70.3. The van der Waals surface area contributed by atoms with Gasteiger partial charge in [-0.2, -0.15) is 0 Å². The number of ether oxygens (including phenoxy) is 1. The Bertz CT molecular complexity index is 1310. The van der Waals surface area contributed by atoms with Crippen LogP contribution in [0.4, 0.5) is 0 Å². The largest absolute Gasteiger partial charge is 0.462 e. The third-order valence-corrected chi connectivity index (χ3v) is 12.1. The molecular weight excluding hydrogens is 815 g/mol. The number of allylic oxidation sites excluding steroid dienone is 16. The minimum atomic E-state index is -0.809. The Hall–Kier alpha value is -3.22. The highest BCUT2D eigenvalue weighted by Gasteiger charge is 2.24. The molecule has 6 nitrogen and oxygen atoms in total. The van der Waals surface area contributed by atoms with Gasteiger partial charge in [-0.15, -0.1) is 0 Å². The Balaban J connectivity index is 4.69. The summed E-state index contributed by atoms with van der Waals surface area (Å²) in [7, 11) is 0. The van der Waals surface area contributed by atoms with E-state index in [1.807, 2.05) is 24.3 Å². The van der Waals surface area contributed by atoms with Crippen molar-refractivity contribution in [2.24, 2.45) is 0 Å². The second kappa shape index (κ2) is 52.7. The lowest BCUT2D eigenvalue weighted by molar-refractivity contribution is -0.151. The molecule has 3 unspecified atom stereocenters. The van der Waals surface area contributed by atoms with Crippen LogP contribution in [0.2, 0.25) is 0 Å². The monoisotopic (exact) mass is 918 g/mol. The number of carbonyl (C=O) groups is 2. The van der Waals surface area contributed by atoms with Crippen molar-refractivity contribution < 1.29 is 24.5 Å². The molecule has 0 aromatic heterocycles. The van der Waals surface area contributed by atoms with E-state index in [1.165, 1.54) is 103 Å². The number of hydrogen-bond acceptors (Lipinski definition) is 5. The SMILES string of the molecule is CC/C=C/C=C/C=C/C=C\CCCCCCCC(=O)OC(CCCCC/C=C/C=C/C=C/C=C/CCCCC)CC(=O)NC(CO)C(O)CCCCCCCCCCCCCCCCCC. The van der Waals surface area contributed by atoms with Crippen molar-refractivity contribution in [2.45, 2.75) is 264 Å². The summed E-state index contributed by atoms with van der Waals surface area (Å²) >= 11 is 0. The Kier molecular flexibility index (Phi) is 50.2. The van der Waals surface area contributed by atoms with E-state index in [4.69, 9.17) is 4.74 Å². The van der Waals surface area contributed by atoms with Gasteiger partial charge in [0, 0.05) is 6.42 Å². The van der Waals surface area contributed by atoms with Gasteiger partial charge in [-0.05, 0) is 70.6 Å². The van der Waals surface area contributed by atoms with E-state index >= 15 is 0 Å². The third kappa shape index (κ3) is 47.3. The van der Waals surface area contributed by atoms with Crippen molar-refractivity contribution in [3.05, 3.63) is 97.2 Å².